The van der Waals surface area contributed by atoms with Crippen LogP contribution in [0.25, 0.3) is 0 Å². The normalized spacial score (nSPS) is 18.8. The Morgan fingerprint density at radius 1 is 1.40 bits per heavy atom. The van der Waals surface area contributed by atoms with Gasteiger partial charge in [-0.15, -0.1) is 0 Å². The first-order valence-corrected chi connectivity index (χ1v) is 8.52. The number of ether oxygens (including phenoxy) is 2. The maximum absolute atomic E-state index is 12.0. The largest absolute Gasteiger partial charge is 0.469 e. The lowest BCUT2D eigenvalue weighted by molar-refractivity contribution is -0.141. The minimum atomic E-state index is -3.39. The number of sulfone groups is 1. The van der Waals surface area contributed by atoms with Gasteiger partial charge in [-0.05, 0) is 12.8 Å². The lowest BCUT2D eigenvalue weighted by atomic mass is 10.2. The van der Waals surface area contributed by atoms with Crippen molar-refractivity contribution < 1.29 is 27.5 Å². The van der Waals surface area contributed by atoms with Crippen molar-refractivity contribution in [3.63, 3.8) is 0 Å². The van der Waals surface area contributed by atoms with E-state index in [4.69, 9.17) is 4.74 Å². The van der Waals surface area contributed by atoms with Crippen LogP contribution >= 0.6 is 0 Å². The number of carbonyl (C=O) groups excluding carboxylic acids is 2. The van der Waals surface area contributed by atoms with E-state index in [0.717, 1.165) is 19.1 Å². The molecule has 0 aliphatic carbocycles. The van der Waals surface area contributed by atoms with Crippen LogP contribution in [-0.4, -0.2) is 70.1 Å². The van der Waals surface area contributed by atoms with Crippen molar-refractivity contribution in [2.45, 2.75) is 25.4 Å². The third kappa shape index (κ3) is 6.33. The molecule has 1 unspecified atom stereocenters. The van der Waals surface area contributed by atoms with E-state index in [1.807, 2.05) is 0 Å². The van der Waals surface area contributed by atoms with E-state index < -0.39 is 27.5 Å². The average Bonchev–Trinajstić information content (AvgIpc) is 2.84. The molecule has 20 heavy (non-hydrogen) atoms. The standard InChI is InChI=1S/C12H21NO6S/c1-18-12(15)5-6-13(8-10-4-3-7-19-10)11(14)9-20(2,16)17/h10H,3-9H2,1-2H3. The SMILES string of the molecule is COC(=O)CCN(CC1CCCO1)C(=O)CS(C)(=O)=O. The van der Waals surface area contributed by atoms with Gasteiger partial charge in [0.25, 0.3) is 0 Å². The Morgan fingerprint density at radius 3 is 2.60 bits per heavy atom. The minimum absolute atomic E-state index is 0.0404. The first kappa shape index (κ1) is 16.9. The summed E-state index contributed by atoms with van der Waals surface area (Å²) in [6.07, 6.45) is 2.72. The van der Waals surface area contributed by atoms with Crippen LogP contribution in [-0.2, 0) is 28.9 Å². The molecule has 1 saturated heterocycles. The van der Waals surface area contributed by atoms with E-state index in [2.05, 4.69) is 4.74 Å². The molecule has 0 bridgehead atoms. The first-order chi connectivity index (χ1) is 9.31. The van der Waals surface area contributed by atoms with Crippen molar-refractivity contribution in [2.75, 3.05) is 38.8 Å². The molecule has 0 aromatic carbocycles. The van der Waals surface area contributed by atoms with Gasteiger partial charge in [-0.3, -0.25) is 9.59 Å². The first-order valence-electron chi connectivity index (χ1n) is 6.45. The molecule has 1 heterocycles. The van der Waals surface area contributed by atoms with Crippen molar-refractivity contribution in [2.24, 2.45) is 0 Å². The number of hydrogen-bond acceptors (Lipinski definition) is 6. The molecule has 1 aliphatic rings. The minimum Gasteiger partial charge on any atom is -0.469 e. The summed E-state index contributed by atoms with van der Waals surface area (Å²) >= 11 is 0. The van der Waals surface area contributed by atoms with Crippen LogP contribution in [0.1, 0.15) is 19.3 Å². The molecule has 116 valence electrons. The second-order valence-electron chi connectivity index (χ2n) is 4.87. The fourth-order valence-electron chi connectivity index (χ4n) is 2.00. The van der Waals surface area contributed by atoms with Crippen LogP contribution in [0.2, 0.25) is 0 Å². The van der Waals surface area contributed by atoms with Crippen LogP contribution in [0.15, 0.2) is 0 Å². The number of rotatable bonds is 7. The second kappa shape index (κ2) is 7.58. The third-order valence-electron chi connectivity index (χ3n) is 3.00. The van der Waals surface area contributed by atoms with Crippen molar-refractivity contribution in [3.05, 3.63) is 0 Å². The summed E-state index contributed by atoms with van der Waals surface area (Å²) < 4.78 is 32.4. The Balaban J connectivity index is 2.61. The van der Waals surface area contributed by atoms with Crippen molar-refractivity contribution in [1.29, 1.82) is 0 Å². The van der Waals surface area contributed by atoms with Crippen molar-refractivity contribution >= 4 is 21.7 Å². The molecule has 7 nitrogen and oxygen atoms in total. The molecule has 0 aromatic rings. The van der Waals surface area contributed by atoms with Gasteiger partial charge in [-0.25, -0.2) is 8.42 Å². The highest BCUT2D eigenvalue weighted by Gasteiger charge is 2.25. The van der Waals surface area contributed by atoms with E-state index in [9.17, 15) is 18.0 Å². The third-order valence-corrected chi connectivity index (χ3v) is 3.77. The molecule has 0 radical (unpaired) electrons. The van der Waals surface area contributed by atoms with E-state index >= 15 is 0 Å². The monoisotopic (exact) mass is 307 g/mol. The molecule has 0 N–H and O–H groups in total. The summed E-state index contributed by atoms with van der Waals surface area (Å²) in [5.74, 6) is -1.50. The topological polar surface area (TPSA) is 90.0 Å². The molecule has 0 spiro atoms. The zero-order valence-electron chi connectivity index (χ0n) is 11.8. The summed E-state index contributed by atoms with van der Waals surface area (Å²) in [4.78, 5) is 24.5. The highest BCUT2D eigenvalue weighted by atomic mass is 32.2. The Labute approximate surface area is 119 Å². The molecule has 0 saturated carbocycles. The van der Waals surface area contributed by atoms with Gasteiger partial charge in [0.1, 0.15) is 5.75 Å². The quantitative estimate of drug-likeness (QED) is 0.595. The summed E-state index contributed by atoms with van der Waals surface area (Å²) in [7, 11) is -2.13. The van der Waals surface area contributed by atoms with Gasteiger partial charge in [-0.2, -0.15) is 0 Å². The average molecular weight is 307 g/mol. The predicted molar refractivity (Wildman–Crippen MR) is 71.9 cm³/mol. The zero-order valence-corrected chi connectivity index (χ0v) is 12.6. The summed E-state index contributed by atoms with van der Waals surface area (Å²) in [5.41, 5.74) is 0. The van der Waals surface area contributed by atoms with E-state index in [1.54, 1.807) is 0 Å². The summed E-state index contributed by atoms with van der Waals surface area (Å²) in [6, 6.07) is 0. The lowest BCUT2D eigenvalue weighted by Gasteiger charge is -2.24. The van der Waals surface area contributed by atoms with Gasteiger partial charge >= 0.3 is 5.97 Å². The number of esters is 1. The molecule has 0 aromatic heterocycles. The maximum atomic E-state index is 12.0. The number of nitrogens with zero attached hydrogens (tertiary/aromatic N) is 1. The van der Waals surface area contributed by atoms with Gasteiger partial charge in [-0.1, -0.05) is 0 Å². The van der Waals surface area contributed by atoms with Gasteiger partial charge in [0.15, 0.2) is 9.84 Å². The number of amides is 1. The molecule has 1 rings (SSSR count). The fraction of sp³-hybridized carbons (Fsp3) is 0.833. The molecule has 1 fully saturated rings. The van der Waals surface area contributed by atoms with E-state index in [1.165, 1.54) is 12.0 Å². The highest BCUT2D eigenvalue weighted by Crippen LogP contribution is 2.14. The smallest absolute Gasteiger partial charge is 0.307 e. The Bertz CT molecular complexity index is 441. The fourth-order valence-corrected chi connectivity index (χ4v) is 2.63. The van der Waals surface area contributed by atoms with E-state index in [-0.39, 0.29) is 19.1 Å². The second-order valence-corrected chi connectivity index (χ2v) is 7.01. The summed E-state index contributed by atoms with van der Waals surface area (Å²) in [6.45, 7) is 1.10. The van der Waals surface area contributed by atoms with Crippen LogP contribution in [0.4, 0.5) is 0 Å². The number of hydrogen-bond donors (Lipinski definition) is 0. The van der Waals surface area contributed by atoms with Crippen LogP contribution < -0.4 is 0 Å². The molecule has 1 aliphatic heterocycles. The predicted octanol–water partition coefficient (Wildman–Crippen LogP) is -0.398. The lowest BCUT2D eigenvalue weighted by Crippen LogP contribution is -2.41. The van der Waals surface area contributed by atoms with Crippen LogP contribution in [0.3, 0.4) is 0 Å². The molecular formula is C12H21NO6S. The number of methoxy groups -OCH3 is 1. The number of carbonyl (C=O) groups is 2. The van der Waals surface area contributed by atoms with Gasteiger partial charge < -0.3 is 14.4 Å². The zero-order chi connectivity index (χ0) is 15.2. The highest BCUT2D eigenvalue weighted by molar-refractivity contribution is 7.91. The Kier molecular flexibility index (Phi) is 6.41. The Hall–Kier alpha value is -1.15. The summed E-state index contributed by atoms with van der Waals surface area (Å²) in [5, 5.41) is 0. The van der Waals surface area contributed by atoms with E-state index in [0.29, 0.717) is 13.2 Å². The van der Waals surface area contributed by atoms with Gasteiger partial charge in [0.2, 0.25) is 5.91 Å². The van der Waals surface area contributed by atoms with Gasteiger partial charge in [0, 0.05) is 26.0 Å². The molecule has 1 atom stereocenters. The molecule has 1 amide bonds. The van der Waals surface area contributed by atoms with Crippen molar-refractivity contribution in [3.8, 4) is 0 Å². The van der Waals surface area contributed by atoms with Crippen LogP contribution in [0.5, 0.6) is 0 Å². The van der Waals surface area contributed by atoms with Gasteiger partial charge in [0.05, 0.1) is 19.6 Å². The van der Waals surface area contributed by atoms with Crippen molar-refractivity contribution in [1.82, 2.24) is 4.90 Å². The van der Waals surface area contributed by atoms with Crippen LogP contribution in [0, 0.1) is 0 Å². The maximum Gasteiger partial charge on any atom is 0.307 e. The molecule has 8 heteroatoms. The molecular weight excluding hydrogens is 286 g/mol. The Morgan fingerprint density at radius 2 is 2.10 bits per heavy atom.